The number of rotatable bonds is 5. The number of hydrogen-bond acceptors (Lipinski definition) is 4. The van der Waals surface area contributed by atoms with Gasteiger partial charge in [-0.2, -0.15) is 0 Å². The number of aromatic nitrogens is 2. The average molecular weight is 220 g/mol. The smallest absolute Gasteiger partial charge is 0.131 e. The van der Waals surface area contributed by atoms with Crippen molar-refractivity contribution in [3.63, 3.8) is 0 Å². The van der Waals surface area contributed by atoms with Gasteiger partial charge in [-0.15, -0.1) is 0 Å². The van der Waals surface area contributed by atoms with E-state index < -0.39 is 0 Å². The van der Waals surface area contributed by atoms with Crippen molar-refractivity contribution in [1.29, 1.82) is 0 Å². The minimum Gasteiger partial charge on any atom is -0.355 e. The summed E-state index contributed by atoms with van der Waals surface area (Å²) in [6, 6.07) is 2.62. The van der Waals surface area contributed by atoms with Gasteiger partial charge in [0.25, 0.3) is 0 Å². The Kier molecular flexibility index (Phi) is 4.10. The molecule has 1 N–H and O–H groups in total. The Morgan fingerprint density at radius 2 is 2.50 bits per heavy atom. The molecule has 0 spiro atoms. The second kappa shape index (κ2) is 5.80. The van der Waals surface area contributed by atoms with E-state index in [1.54, 1.807) is 6.33 Å². The first-order valence-corrected chi connectivity index (χ1v) is 6.14. The van der Waals surface area contributed by atoms with Gasteiger partial charge in [-0.25, -0.2) is 9.97 Å². The van der Waals surface area contributed by atoms with E-state index >= 15 is 0 Å². The molecule has 2 heterocycles. The van der Waals surface area contributed by atoms with Gasteiger partial charge in [0.15, 0.2) is 0 Å². The maximum atomic E-state index is 4.33. The molecule has 1 aliphatic heterocycles. The predicted octanol–water partition coefficient (Wildman–Crippen LogP) is 1.44. The van der Waals surface area contributed by atoms with E-state index in [0.717, 1.165) is 31.9 Å². The summed E-state index contributed by atoms with van der Waals surface area (Å²) in [7, 11) is 0. The van der Waals surface area contributed by atoms with Crippen LogP contribution in [0.1, 0.15) is 26.2 Å². The summed E-state index contributed by atoms with van der Waals surface area (Å²) >= 11 is 0. The number of nitrogens with zero attached hydrogens (tertiary/aromatic N) is 3. The molecule has 4 heteroatoms. The van der Waals surface area contributed by atoms with Gasteiger partial charge in [0, 0.05) is 25.3 Å². The van der Waals surface area contributed by atoms with Crippen molar-refractivity contribution in [3.05, 3.63) is 18.6 Å². The van der Waals surface area contributed by atoms with Crippen LogP contribution in [0.3, 0.4) is 0 Å². The molecule has 0 radical (unpaired) electrons. The average Bonchev–Trinajstić information content (AvgIpc) is 2.83. The molecule has 0 aromatic carbocycles. The Morgan fingerprint density at radius 1 is 1.56 bits per heavy atom. The molecule has 2 rings (SSSR count). The van der Waals surface area contributed by atoms with Gasteiger partial charge in [-0.05, 0) is 31.9 Å². The molecule has 0 amide bonds. The Morgan fingerprint density at radius 3 is 3.12 bits per heavy atom. The highest BCUT2D eigenvalue weighted by Gasteiger charge is 2.18. The third kappa shape index (κ3) is 2.92. The summed E-state index contributed by atoms with van der Waals surface area (Å²) in [5.74, 6) is 1.05. The van der Waals surface area contributed by atoms with Crippen LogP contribution in [0.4, 0.5) is 5.82 Å². The second-order valence-electron chi connectivity index (χ2n) is 4.31. The first-order chi connectivity index (χ1) is 7.90. The number of hydrogen-bond donors (Lipinski definition) is 1. The maximum Gasteiger partial charge on any atom is 0.131 e. The van der Waals surface area contributed by atoms with Crippen LogP contribution in [0.15, 0.2) is 18.6 Å². The van der Waals surface area contributed by atoms with E-state index in [0.29, 0.717) is 6.04 Å². The van der Waals surface area contributed by atoms with E-state index in [4.69, 9.17) is 0 Å². The van der Waals surface area contributed by atoms with Crippen molar-refractivity contribution in [2.24, 2.45) is 0 Å². The Labute approximate surface area is 97.1 Å². The summed E-state index contributed by atoms with van der Waals surface area (Å²) in [6.45, 7) is 5.49. The zero-order chi connectivity index (χ0) is 11.2. The highest BCUT2D eigenvalue weighted by Crippen LogP contribution is 2.13. The zero-order valence-corrected chi connectivity index (χ0v) is 9.89. The molecule has 0 bridgehead atoms. The molecule has 1 aromatic rings. The molecule has 0 saturated carbocycles. The molecule has 1 saturated heterocycles. The van der Waals surface area contributed by atoms with Crippen LogP contribution < -0.4 is 10.2 Å². The van der Waals surface area contributed by atoms with Crippen LogP contribution in [-0.4, -0.2) is 35.6 Å². The van der Waals surface area contributed by atoms with Gasteiger partial charge in [0.1, 0.15) is 12.1 Å². The predicted molar refractivity (Wildman–Crippen MR) is 65.6 cm³/mol. The molecule has 4 nitrogen and oxygen atoms in total. The summed E-state index contributed by atoms with van der Waals surface area (Å²) in [6.07, 6.45) is 7.17. The maximum absolute atomic E-state index is 4.33. The minimum absolute atomic E-state index is 0.626. The van der Waals surface area contributed by atoms with E-state index in [9.17, 15) is 0 Å². The highest BCUT2D eigenvalue weighted by atomic mass is 15.2. The van der Waals surface area contributed by atoms with Gasteiger partial charge >= 0.3 is 0 Å². The molecular formula is C12H20N4. The van der Waals surface area contributed by atoms with Crippen LogP contribution in [0, 0.1) is 0 Å². The Balaban J connectivity index is 1.99. The van der Waals surface area contributed by atoms with Crippen molar-refractivity contribution in [1.82, 2.24) is 15.3 Å². The second-order valence-corrected chi connectivity index (χ2v) is 4.31. The van der Waals surface area contributed by atoms with Crippen molar-refractivity contribution in [2.45, 2.75) is 32.2 Å². The van der Waals surface area contributed by atoms with E-state index in [2.05, 4.69) is 27.1 Å². The summed E-state index contributed by atoms with van der Waals surface area (Å²) in [5.41, 5.74) is 0. The fourth-order valence-electron chi connectivity index (χ4n) is 2.22. The highest BCUT2D eigenvalue weighted by molar-refractivity contribution is 5.36. The normalized spacial score (nSPS) is 19.9. The molecule has 1 unspecified atom stereocenters. The summed E-state index contributed by atoms with van der Waals surface area (Å²) < 4.78 is 0. The van der Waals surface area contributed by atoms with Crippen molar-refractivity contribution in [2.75, 3.05) is 24.5 Å². The molecular weight excluding hydrogens is 200 g/mol. The lowest BCUT2D eigenvalue weighted by Gasteiger charge is -2.26. The molecule has 16 heavy (non-hydrogen) atoms. The van der Waals surface area contributed by atoms with Gasteiger partial charge in [0.2, 0.25) is 0 Å². The zero-order valence-electron chi connectivity index (χ0n) is 9.89. The molecule has 1 aliphatic rings. The van der Waals surface area contributed by atoms with Gasteiger partial charge in [0.05, 0.1) is 0 Å². The van der Waals surface area contributed by atoms with Crippen LogP contribution in [0.2, 0.25) is 0 Å². The quantitative estimate of drug-likeness (QED) is 0.815. The molecule has 1 fully saturated rings. The van der Waals surface area contributed by atoms with Crippen LogP contribution in [0.25, 0.3) is 0 Å². The first kappa shape index (κ1) is 11.3. The standard InChI is InChI=1S/C12H20N4/c1-2-8-16(9-11-4-3-6-14-11)12-5-7-13-10-15-12/h5,7,10-11,14H,2-4,6,8-9H2,1H3. The summed E-state index contributed by atoms with van der Waals surface area (Å²) in [5, 5.41) is 3.53. The third-order valence-electron chi connectivity index (χ3n) is 2.99. The lowest BCUT2D eigenvalue weighted by molar-refractivity contribution is 0.575. The van der Waals surface area contributed by atoms with Crippen molar-refractivity contribution >= 4 is 5.82 Å². The first-order valence-electron chi connectivity index (χ1n) is 6.14. The molecule has 1 atom stereocenters. The fraction of sp³-hybridized carbons (Fsp3) is 0.667. The van der Waals surface area contributed by atoms with Crippen molar-refractivity contribution in [3.8, 4) is 0 Å². The van der Waals surface area contributed by atoms with Gasteiger partial charge in [-0.3, -0.25) is 0 Å². The van der Waals surface area contributed by atoms with Gasteiger partial charge < -0.3 is 10.2 Å². The third-order valence-corrected chi connectivity index (χ3v) is 2.99. The SMILES string of the molecule is CCCN(CC1CCCN1)c1ccncn1. The number of anilines is 1. The van der Waals surface area contributed by atoms with Crippen molar-refractivity contribution < 1.29 is 0 Å². The van der Waals surface area contributed by atoms with Crippen LogP contribution >= 0.6 is 0 Å². The van der Waals surface area contributed by atoms with E-state index in [1.165, 1.54) is 12.8 Å². The molecule has 0 aliphatic carbocycles. The van der Waals surface area contributed by atoms with E-state index in [-0.39, 0.29) is 0 Å². The monoisotopic (exact) mass is 220 g/mol. The minimum atomic E-state index is 0.626. The summed E-state index contributed by atoms with van der Waals surface area (Å²) in [4.78, 5) is 10.6. The Hall–Kier alpha value is -1.16. The Bertz CT molecular complexity index is 295. The van der Waals surface area contributed by atoms with Gasteiger partial charge in [-0.1, -0.05) is 6.92 Å². The lowest BCUT2D eigenvalue weighted by atomic mass is 10.2. The van der Waals surface area contributed by atoms with Crippen LogP contribution in [-0.2, 0) is 0 Å². The van der Waals surface area contributed by atoms with Crippen LogP contribution in [0.5, 0.6) is 0 Å². The fourth-order valence-corrected chi connectivity index (χ4v) is 2.22. The number of nitrogens with one attached hydrogen (secondary N) is 1. The molecule has 1 aromatic heterocycles. The van der Waals surface area contributed by atoms with E-state index in [1.807, 2.05) is 12.3 Å². The lowest BCUT2D eigenvalue weighted by Crippen LogP contribution is -2.38. The largest absolute Gasteiger partial charge is 0.355 e. The molecule has 88 valence electrons. The topological polar surface area (TPSA) is 41.0 Å².